The maximum Gasteiger partial charge on any atom is 0.339 e. The lowest BCUT2D eigenvalue weighted by Gasteiger charge is -2.12. The van der Waals surface area contributed by atoms with Gasteiger partial charge in [0.15, 0.2) is 0 Å². The number of carboxylic acids is 1. The average Bonchev–Trinajstić information content (AvgIpc) is 2.66. The first-order valence-corrected chi connectivity index (χ1v) is 8.03. The van der Waals surface area contributed by atoms with Gasteiger partial charge in [0.05, 0.1) is 0 Å². The minimum atomic E-state index is -1.11. The van der Waals surface area contributed by atoms with Crippen LogP contribution in [0.25, 0.3) is 0 Å². The summed E-state index contributed by atoms with van der Waals surface area (Å²) in [6.45, 7) is 0.408. The molecular formula is C21H17FO4. The lowest BCUT2D eigenvalue weighted by molar-refractivity contribution is 0.0691. The second kappa shape index (κ2) is 8.16. The molecule has 0 fully saturated rings. The molecule has 132 valence electrons. The Labute approximate surface area is 150 Å². The predicted molar refractivity (Wildman–Crippen MR) is 94.9 cm³/mol. The fraction of sp³-hybridized carbons (Fsp3) is 0.0952. The highest BCUT2D eigenvalue weighted by molar-refractivity contribution is 5.91. The first kappa shape index (κ1) is 17.5. The Hall–Kier alpha value is -3.34. The molecule has 0 heterocycles. The minimum absolute atomic E-state index is 0.0117. The molecule has 0 amide bonds. The van der Waals surface area contributed by atoms with Crippen LogP contribution in [-0.4, -0.2) is 11.1 Å². The molecule has 0 unspecified atom stereocenters. The van der Waals surface area contributed by atoms with Gasteiger partial charge in [-0.25, -0.2) is 9.18 Å². The van der Waals surface area contributed by atoms with Crippen LogP contribution in [0, 0.1) is 5.82 Å². The van der Waals surface area contributed by atoms with Gasteiger partial charge in [-0.3, -0.25) is 0 Å². The molecule has 4 nitrogen and oxygen atoms in total. The molecule has 3 aromatic rings. The molecule has 0 aliphatic heterocycles. The summed E-state index contributed by atoms with van der Waals surface area (Å²) in [7, 11) is 0. The zero-order valence-corrected chi connectivity index (χ0v) is 13.9. The largest absolute Gasteiger partial charge is 0.489 e. The van der Waals surface area contributed by atoms with Crippen LogP contribution in [0.4, 0.5) is 4.39 Å². The number of carbonyl (C=O) groups is 1. The van der Waals surface area contributed by atoms with Crippen molar-refractivity contribution in [1.82, 2.24) is 0 Å². The fourth-order valence-electron chi connectivity index (χ4n) is 2.42. The van der Waals surface area contributed by atoms with E-state index in [0.29, 0.717) is 11.3 Å². The third kappa shape index (κ3) is 4.60. The van der Waals surface area contributed by atoms with E-state index in [-0.39, 0.29) is 30.3 Å². The van der Waals surface area contributed by atoms with Gasteiger partial charge in [0.2, 0.25) is 0 Å². The van der Waals surface area contributed by atoms with E-state index in [9.17, 15) is 14.3 Å². The lowest BCUT2D eigenvalue weighted by atomic mass is 10.2. The Morgan fingerprint density at radius 1 is 0.846 bits per heavy atom. The van der Waals surface area contributed by atoms with Gasteiger partial charge in [-0.05, 0) is 41.5 Å². The number of benzene rings is 3. The number of carboxylic acid groups (broad SMARTS) is 1. The highest BCUT2D eigenvalue weighted by Crippen LogP contribution is 2.26. The van der Waals surface area contributed by atoms with Crippen LogP contribution in [0.2, 0.25) is 0 Å². The van der Waals surface area contributed by atoms with E-state index in [2.05, 4.69) is 0 Å². The van der Waals surface area contributed by atoms with Gasteiger partial charge in [-0.2, -0.15) is 0 Å². The van der Waals surface area contributed by atoms with Crippen molar-refractivity contribution in [2.75, 3.05) is 0 Å². The summed E-state index contributed by atoms with van der Waals surface area (Å²) in [5.74, 6) is -0.815. The van der Waals surface area contributed by atoms with Crippen LogP contribution in [0.15, 0.2) is 72.8 Å². The summed E-state index contributed by atoms with van der Waals surface area (Å²) in [6.07, 6.45) is 0. The Bertz CT molecular complexity index is 894. The summed E-state index contributed by atoms with van der Waals surface area (Å²) in [5.41, 5.74) is 1.61. The van der Waals surface area contributed by atoms with Gasteiger partial charge in [0.1, 0.15) is 36.1 Å². The van der Waals surface area contributed by atoms with E-state index in [4.69, 9.17) is 9.47 Å². The summed E-state index contributed by atoms with van der Waals surface area (Å²) in [4.78, 5) is 11.5. The van der Waals surface area contributed by atoms with Gasteiger partial charge >= 0.3 is 5.97 Å². The minimum Gasteiger partial charge on any atom is -0.489 e. The van der Waals surface area contributed by atoms with Crippen LogP contribution in [-0.2, 0) is 13.2 Å². The maximum atomic E-state index is 13.2. The van der Waals surface area contributed by atoms with Gasteiger partial charge in [-0.15, -0.1) is 0 Å². The highest BCUT2D eigenvalue weighted by Gasteiger charge is 2.13. The number of halogens is 1. The van der Waals surface area contributed by atoms with Gasteiger partial charge in [0, 0.05) is 0 Å². The third-order valence-corrected chi connectivity index (χ3v) is 3.71. The molecule has 0 aliphatic rings. The van der Waals surface area contributed by atoms with E-state index >= 15 is 0 Å². The van der Waals surface area contributed by atoms with Crippen molar-refractivity contribution >= 4 is 5.97 Å². The molecule has 3 aromatic carbocycles. The zero-order valence-electron chi connectivity index (χ0n) is 13.9. The van der Waals surface area contributed by atoms with Crippen LogP contribution < -0.4 is 9.47 Å². The van der Waals surface area contributed by atoms with E-state index in [1.165, 1.54) is 18.2 Å². The monoisotopic (exact) mass is 352 g/mol. The maximum absolute atomic E-state index is 13.2. The van der Waals surface area contributed by atoms with Crippen LogP contribution in [0.5, 0.6) is 11.5 Å². The Morgan fingerprint density at radius 2 is 1.58 bits per heavy atom. The molecule has 0 saturated carbocycles. The molecule has 0 atom stereocenters. The van der Waals surface area contributed by atoms with E-state index in [0.717, 1.165) is 5.56 Å². The molecule has 3 rings (SSSR count). The molecule has 0 bridgehead atoms. The molecule has 0 aromatic heterocycles. The van der Waals surface area contributed by atoms with Crippen molar-refractivity contribution in [3.8, 4) is 11.5 Å². The lowest BCUT2D eigenvalue weighted by Crippen LogP contribution is -2.04. The third-order valence-electron chi connectivity index (χ3n) is 3.71. The highest BCUT2D eigenvalue weighted by atomic mass is 19.1. The normalized spacial score (nSPS) is 10.3. The van der Waals surface area contributed by atoms with Crippen molar-refractivity contribution in [3.05, 3.63) is 95.3 Å². The number of ether oxygens (including phenoxy) is 2. The molecule has 0 saturated heterocycles. The smallest absolute Gasteiger partial charge is 0.339 e. The van der Waals surface area contributed by atoms with Crippen molar-refractivity contribution in [3.63, 3.8) is 0 Å². The molecule has 5 heteroatoms. The topological polar surface area (TPSA) is 55.8 Å². The van der Waals surface area contributed by atoms with Crippen LogP contribution >= 0.6 is 0 Å². The number of rotatable bonds is 7. The molecule has 0 spiro atoms. The second-order valence-electron chi connectivity index (χ2n) is 5.66. The van der Waals surface area contributed by atoms with Crippen molar-refractivity contribution in [1.29, 1.82) is 0 Å². The van der Waals surface area contributed by atoms with E-state index < -0.39 is 5.97 Å². The van der Waals surface area contributed by atoms with Crippen LogP contribution in [0.3, 0.4) is 0 Å². The molecule has 26 heavy (non-hydrogen) atoms. The summed E-state index contributed by atoms with van der Waals surface area (Å²) in [5, 5.41) is 9.42. The van der Waals surface area contributed by atoms with Crippen molar-refractivity contribution in [2.24, 2.45) is 0 Å². The first-order chi connectivity index (χ1) is 12.6. The SMILES string of the molecule is O=C(O)c1cc(OCc2cccc(F)c2)ccc1OCc1ccccc1. The second-order valence-corrected chi connectivity index (χ2v) is 5.66. The summed E-state index contributed by atoms with van der Waals surface area (Å²) >= 11 is 0. The van der Waals surface area contributed by atoms with Gasteiger partial charge < -0.3 is 14.6 Å². The van der Waals surface area contributed by atoms with Gasteiger partial charge in [0.25, 0.3) is 0 Å². The quantitative estimate of drug-likeness (QED) is 0.671. The standard InChI is InChI=1S/C21H17FO4/c22-17-8-4-7-16(11-17)14-25-18-9-10-20(19(12-18)21(23)24)26-13-15-5-2-1-3-6-15/h1-12H,13-14H2,(H,23,24). The molecule has 0 radical (unpaired) electrons. The summed E-state index contributed by atoms with van der Waals surface area (Å²) in [6, 6.07) is 20.1. The fourth-order valence-corrected chi connectivity index (χ4v) is 2.42. The van der Waals surface area contributed by atoms with E-state index in [1.807, 2.05) is 30.3 Å². The summed E-state index contributed by atoms with van der Waals surface area (Å²) < 4.78 is 24.4. The molecule has 1 N–H and O–H groups in total. The van der Waals surface area contributed by atoms with Crippen molar-refractivity contribution < 1.29 is 23.8 Å². The molecular weight excluding hydrogens is 335 g/mol. The van der Waals surface area contributed by atoms with Crippen LogP contribution in [0.1, 0.15) is 21.5 Å². The van der Waals surface area contributed by atoms with Gasteiger partial charge in [-0.1, -0.05) is 42.5 Å². The Balaban J connectivity index is 1.70. The predicted octanol–water partition coefficient (Wildman–Crippen LogP) is 4.68. The number of hydrogen-bond donors (Lipinski definition) is 1. The van der Waals surface area contributed by atoms with E-state index in [1.54, 1.807) is 24.3 Å². The number of aromatic carboxylic acids is 1. The Kier molecular flexibility index (Phi) is 5.49. The zero-order chi connectivity index (χ0) is 18.4. The van der Waals surface area contributed by atoms with Crippen molar-refractivity contribution in [2.45, 2.75) is 13.2 Å². The Morgan fingerprint density at radius 3 is 2.31 bits per heavy atom. The molecule has 0 aliphatic carbocycles. The number of hydrogen-bond acceptors (Lipinski definition) is 3. The average molecular weight is 352 g/mol. The first-order valence-electron chi connectivity index (χ1n) is 8.03.